The smallest absolute Gasteiger partial charge is 0.492 e. The molecule has 0 aliphatic carbocycles. The number of hydrogen-bond acceptors (Lipinski definition) is 4. The summed E-state index contributed by atoms with van der Waals surface area (Å²) in [5.74, 6) is 0.233. The van der Waals surface area contributed by atoms with Gasteiger partial charge in [-0.3, -0.25) is 0 Å². The van der Waals surface area contributed by atoms with E-state index in [2.05, 4.69) is 0 Å². The first-order valence-electron chi connectivity index (χ1n) is 8.12. The molecule has 0 amide bonds. The second kappa shape index (κ2) is 5.92. The van der Waals surface area contributed by atoms with Crippen LogP contribution >= 0.6 is 0 Å². The van der Waals surface area contributed by atoms with Crippen molar-refractivity contribution in [2.24, 2.45) is 0 Å². The molecule has 0 bridgehead atoms. The van der Waals surface area contributed by atoms with Gasteiger partial charge < -0.3 is 19.5 Å². The Morgan fingerprint density at radius 3 is 2.25 bits per heavy atom. The van der Waals surface area contributed by atoms with Gasteiger partial charge in [0.25, 0.3) is 0 Å². The van der Waals surface area contributed by atoms with E-state index >= 15 is 0 Å². The highest BCUT2D eigenvalue weighted by Crippen LogP contribution is 2.38. The van der Waals surface area contributed by atoms with Crippen LogP contribution < -0.4 is 0 Å². The Bertz CT molecular complexity index is 779. The SMILES string of the molecule is CC1(C)OB(C(=Cc2ccc3ccc(O)cc3c2)CO)OC1(C)C. The molecule has 5 heteroatoms. The zero-order valence-corrected chi connectivity index (χ0v) is 14.5. The zero-order chi connectivity index (χ0) is 17.5. The number of phenols is 1. The van der Waals surface area contributed by atoms with Crippen LogP contribution in [0.2, 0.25) is 0 Å². The van der Waals surface area contributed by atoms with Crippen molar-refractivity contribution in [1.82, 2.24) is 0 Å². The highest BCUT2D eigenvalue weighted by molar-refractivity contribution is 6.55. The van der Waals surface area contributed by atoms with Crippen LogP contribution in [0.5, 0.6) is 5.75 Å². The van der Waals surface area contributed by atoms with Gasteiger partial charge in [-0.25, -0.2) is 0 Å². The topological polar surface area (TPSA) is 58.9 Å². The number of rotatable bonds is 3. The summed E-state index contributed by atoms with van der Waals surface area (Å²) in [5.41, 5.74) is 0.711. The fourth-order valence-electron chi connectivity index (χ4n) is 2.74. The van der Waals surface area contributed by atoms with E-state index in [1.54, 1.807) is 12.1 Å². The molecule has 1 fully saturated rings. The van der Waals surface area contributed by atoms with Gasteiger partial charge >= 0.3 is 7.12 Å². The van der Waals surface area contributed by atoms with E-state index in [4.69, 9.17) is 9.31 Å². The van der Waals surface area contributed by atoms with Crippen molar-refractivity contribution in [3.8, 4) is 5.75 Å². The standard InChI is InChI=1S/C19H23BO4/c1-18(2)19(3,4)24-20(23-18)16(12-21)10-13-5-6-14-7-8-17(22)11-15(14)9-13/h5-11,21-22H,12H2,1-4H3. The van der Waals surface area contributed by atoms with Crippen LogP contribution in [0, 0.1) is 0 Å². The molecule has 1 saturated heterocycles. The number of aliphatic hydroxyl groups excluding tert-OH is 1. The third-order valence-electron chi connectivity index (χ3n) is 4.94. The number of benzene rings is 2. The predicted molar refractivity (Wildman–Crippen MR) is 96.8 cm³/mol. The number of hydrogen-bond donors (Lipinski definition) is 2. The molecule has 0 aromatic heterocycles. The number of aromatic hydroxyl groups is 1. The fourth-order valence-corrected chi connectivity index (χ4v) is 2.74. The summed E-state index contributed by atoms with van der Waals surface area (Å²) < 4.78 is 12.0. The van der Waals surface area contributed by atoms with Gasteiger partial charge in [-0.1, -0.05) is 24.3 Å². The molecule has 2 aromatic rings. The third kappa shape index (κ3) is 3.07. The van der Waals surface area contributed by atoms with Crippen LogP contribution in [0.1, 0.15) is 33.3 Å². The molecule has 3 rings (SSSR count). The molecular formula is C19H23BO4. The fraction of sp³-hybridized carbons (Fsp3) is 0.368. The number of aliphatic hydroxyl groups is 1. The van der Waals surface area contributed by atoms with Crippen LogP contribution in [-0.2, 0) is 9.31 Å². The van der Waals surface area contributed by atoms with Gasteiger partial charge in [0, 0.05) is 0 Å². The Balaban J connectivity index is 1.94. The summed E-state index contributed by atoms with van der Waals surface area (Å²) in [6.07, 6.45) is 1.88. The van der Waals surface area contributed by atoms with Crippen molar-refractivity contribution in [2.45, 2.75) is 38.9 Å². The quantitative estimate of drug-likeness (QED) is 0.847. The largest absolute Gasteiger partial charge is 0.508 e. The highest BCUT2D eigenvalue weighted by atomic mass is 16.7. The lowest BCUT2D eigenvalue weighted by Crippen LogP contribution is -2.41. The lowest BCUT2D eigenvalue weighted by atomic mass is 9.77. The predicted octanol–water partition coefficient (Wildman–Crippen LogP) is 3.55. The second-order valence-corrected chi connectivity index (χ2v) is 7.26. The molecule has 0 atom stereocenters. The van der Waals surface area contributed by atoms with Crippen molar-refractivity contribution in [3.63, 3.8) is 0 Å². The third-order valence-corrected chi connectivity index (χ3v) is 4.94. The molecule has 0 saturated carbocycles. The van der Waals surface area contributed by atoms with E-state index in [1.807, 2.05) is 58.0 Å². The lowest BCUT2D eigenvalue weighted by molar-refractivity contribution is 0.00578. The maximum Gasteiger partial charge on any atom is 0.492 e. The minimum absolute atomic E-state index is 0.144. The minimum atomic E-state index is -0.570. The first-order valence-corrected chi connectivity index (χ1v) is 8.12. The average molecular weight is 326 g/mol. The van der Waals surface area contributed by atoms with Crippen LogP contribution in [0.3, 0.4) is 0 Å². The molecular weight excluding hydrogens is 303 g/mol. The second-order valence-electron chi connectivity index (χ2n) is 7.26. The van der Waals surface area contributed by atoms with Crippen LogP contribution in [0.4, 0.5) is 0 Å². The molecule has 2 aromatic carbocycles. The molecule has 2 N–H and O–H groups in total. The summed E-state index contributed by atoms with van der Waals surface area (Å²) in [6.45, 7) is 7.80. The summed E-state index contributed by atoms with van der Waals surface area (Å²) in [7, 11) is -0.570. The molecule has 4 nitrogen and oxygen atoms in total. The van der Waals surface area contributed by atoms with Gasteiger partial charge in [0.2, 0.25) is 0 Å². The van der Waals surface area contributed by atoms with E-state index in [-0.39, 0.29) is 12.4 Å². The van der Waals surface area contributed by atoms with Crippen molar-refractivity contribution < 1.29 is 19.5 Å². The zero-order valence-electron chi connectivity index (χ0n) is 14.5. The van der Waals surface area contributed by atoms with Crippen molar-refractivity contribution >= 4 is 24.0 Å². The van der Waals surface area contributed by atoms with E-state index in [0.717, 1.165) is 16.3 Å². The van der Waals surface area contributed by atoms with Crippen LogP contribution in [0.15, 0.2) is 41.9 Å². The van der Waals surface area contributed by atoms with Crippen molar-refractivity contribution in [2.75, 3.05) is 6.61 Å². The Hall–Kier alpha value is -1.82. The van der Waals surface area contributed by atoms with Gasteiger partial charge in [0.15, 0.2) is 0 Å². The van der Waals surface area contributed by atoms with E-state index in [9.17, 15) is 10.2 Å². The monoisotopic (exact) mass is 326 g/mol. The first kappa shape index (κ1) is 17.0. The molecule has 1 aliphatic heterocycles. The molecule has 126 valence electrons. The summed E-state index contributed by atoms with van der Waals surface area (Å²) in [4.78, 5) is 0. The van der Waals surface area contributed by atoms with Crippen LogP contribution in [0.25, 0.3) is 16.8 Å². The van der Waals surface area contributed by atoms with Gasteiger partial charge in [0.05, 0.1) is 17.8 Å². The maximum atomic E-state index is 9.78. The van der Waals surface area contributed by atoms with E-state index < -0.39 is 18.3 Å². The Kier molecular flexibility index (Phi) is 4.20. The van der Waals surface area contributed by atoms with Crippen molar-refractivity contribution in [1.29, 1.82) is 0 Å². The maximum absolute atomic E-state index is 9.78. The van der Waals surface area contributed by atoms with E-state index in [1.165, 1.54) is 0 Å². The lowest BCUT2D eigenvalue weighted by Gasteiger charge is -2.32. The summed E-state index contributed by atoms with van der Waals surface area (Å²) in [6, 6.07) is 11.2. The first-order chi connectivity index (χ1) is 11.2. The van der Waals surface area contributed by atoms with Gasteiger partial charge in [-0.15, -0.1) is 0 Å². The Morgan fingerprint density at radius 1 is 1.00 bits per heavy atom. The number of fused-ring (bicyclic) bond motifs is 1. The molecule has 0 radical (unpaired) electrons. The van der Waals surface area contributed by atoms with Crippen molar-refractivity contribution in [3.05, 3.63) is 47.4 Å². The average Bonchev–Trinajstić information content (AvgIpc) is 2.72. The minimum Gasteiger partial charge on any atom is -0.508 e. The molecule has 1 heterocycles. The summed E-state index contributed by atoms with van der Waals surface area (Å²) >= 11 is 0. The molecule has 0 unspecified atom stereocenters. The Morgan fingerprint density at radius 2 is 1.62 bits per heavy atom. The molecule has 24 heavy (non-hydrogen) atoms. The Labute approximate surface area is 142 Å². The van der Waals surface area contributed by atoms with Gasteiger partial charge in [-0.2, -0.15) is 0 Å². The van der Waals surface area contributed by atoms with Gasteiger partial charge in [-0.05, 0) is 67.7 Å². The van der Waals surface area contributed by atoms with Gasteiger partial charge in [0.1, 0.15) is 5.75 Å². The van der Waals surface area contributed by atoms with Crippen LogP contribution in [-0.4, -0.2) is 35.1 Å². The molecule has 0 spiro atoms. The number of phenolic OH excluding ortho intramolecular Hbond substituents is 1. The highest BCUT2D eigenvalue weighted by Gasteiger charge is 2.52. The van der Waals surface area contributed by atoms with E-state index in [0.29, 0.717) is 5.47 Å². The normalized spacial score (nSPS) is 19.9. The molecule has 1 aliphatic rings. The summed E-state index contributed by atoms with van der Waals surface area (Å²) in [5, 5.41) is 21.4.